The Morgan fingerprint density at radius 3 is 2.03 bits per heavy atom. The quantitative estimate of drug-likeness (QED) is 0.365. The summed E-state index contributed by atoms with van der Waals surface area (Å²) in [5.74, 6) is -0.0137. The first-order valence-corrected chi connectivity index (χ1v) is 11.3. The Balaban J connectivity index is 1.81. The summed E-state index contributed by atoms with van der Waals surface area (Å²) in [6.07, 6.45) is 6.48. The number of carbonyl (C=O) groups is 2. The van der Waals surface area contributed by atoms with Gasteiger partial charge >= 0.3 is 6.09 Å². The highest BCUT2D eigenvalue weighted by atomic mass is 16.5. The summed E-state index contributed by atoms with van der Waals surface area (Å²) in [7, 11) is 0. The highest BCUT2D eigenvalue weighted by Crippen LogP contribution is 2.09. The molecule has 0 aliphatic carbocycles. The number of hydrogen-bond donors (Lipinski definition) is 1. The molecule has 0 saturated heterocycles. The number of ketones is 1. The van der Waals surface area contributed by atoms with Crippen molar-refractivity contribution in [2.45, 2.75) is 71.1 Å². The van der Waals surface area contributed by atoms with Crippen LogP contribution in [0.4, 0.5) is 4.79 Å². The van der Waals surface area contributed by atoms with Gasteiger partial charge in [0.2, 0.25) is 0 Å². The van der Waals surface area contributed by atoms with E-state index in [0.717, 1.165) is 30.4 Å². The van der Waals surface area contributed by atoms with Crippen molar-refractivity contribution in [1.82, 2.24) is 5.32 Å². The number of alkyl carbamates (subject to hydrolysis) is 1. The monoisotopic (exact) mass is 425 g/mol. The van der Waals surface area contributed by atoms with E-state index in [1.54, 1.807) is 0 Å². The molecule has 0 radical (unpaired) electrons. The summed E-state index contributed by atoms with van der Waals surface area (Å²) in [6, 6.07) is 18.5. The average Bonchev–Trinajstić information content (AvgIpc) is 2.80. The topological polar surface area (TPSA) is 64.6 Å². The standard InChI is InChI=1S/C26H35NO4/c1-2-3-4-5-6-13-18-25(28)24(21-30-19-22-14-9-7-10-15-22)27-26(29)31-20-23-16-11-8-12-17-23/h7-12,14-17,24H,2-6,13,18-21H2,1H3,(H,27,29)/t24-/m0/s1. The summed E-state index contributed by atoms with van der Waals surface area (Å²) in [5, 5.41) is 2.70. The van der Waals surface area contributed by atoms with Gasteiger partial charge in [0.1, 0.15) is 12.6 Å². The predicted molar refractivity (Wildman–Crippen MR) is 123 cm³/mol. The molecule has 5 heteroatoms. The molecule has 0 spiro atoms. The van der Waals surface area contributed by atoms with Gasteiger partial charge in [-0.15, -0.1) is 0 Å². The lowest BCUT2D eigenvalue weighted by Gasteiger charge is -2.18. The Morgan fingerprint density at radius 2 is 1.39 bits per heavy atom. The molecule has 0 saturated carbocycles. The van der Waals surface area contributed by atoms with Crippen molar-refractivity contribution in [3.63, 3.8) is 0 Å². The van der Waals surface area contributed by atoms with Crippen LogP contribution in [0.15, 0.2) is 60.7 Å². The highest BCUT2D eigenvalue weighted by Gasteiger charge is 2.21. The molecule has 5 nitrogen and oxygen atoms in total. The number of Topliss-reactive ketones (excluding diaryl/α,β-unsaturated/α-hetero) is 1. The van der Waals surface area contributed by atoms with Crippen molar-refractivity contribution in [1.29, 1.82) is 0 Å². The van der Waals surface area contributed by atoms with E-state index in [9.17, 15) is 9.59 Å². The lowest BCUT2D eigenvalue weighted by molar-refractivity contribution is -0.122. The van der Waals surface area contributed by atoms with Crippen LogP contribution in [0.5, 0.6) is 0 Å². The van der Waals surface area contributed by atoms with Gasteiger partial charge in [-0.2, -0.15) is 0 Å². The number of hydrogen-bond acceptors (Lipinski definition) is 4. The van der Waals surface area contributed by atoms with Gasteiger partial charge in [0.05, 0.1) is 13.2 Å². The molecule has 2 rings (SSSR count). The second kappa shape index (κ2) is 15.2. The number of nitrogens with one attached hydrogen (secondary N) is 1. The van der Waals surface area contributed by atoms with E-state index in [4.69, 9.17) is 9.47 Å². The molecule has 1 N–H and O–H groups in total. The van der Waals surface area contributed by atoms with Crippen LogP contribution >= 0.6 is 0 Å². The van der Waals surface area contributed by atoms with Crippen LogP contribution < -0.4 is 5.32 Å². The van der Waals surface area contributed by atoms with Crippen molar-refractivity contribution in [3.8, 4) is 0 Å². The molecule has 0 bridgehead atoms. The fourth-order valence-corrected chi connectivity index (χ4v) is 3.24. The number of unbranched alkanes of at least 4 members (excludes halogenated alkanes) is 5. The molecule has 0 fully saturated rings. The number of ether oxygens (including phenoxy) is 2. The third kappa shape index (κ3) is 10.8. The van der Waals surface area contributed by atoms with E-state index in [1.807, 2.05) is 60.7 Å². The SMILES string of the molecule is CCCCCCCCC(=O)[C@H](COCc1ccccc1)NC(=O)OCc1ccccc1. The average molecular weight is 426 g/mol. The Bertz CT molecular complexity index is 749. The molecule has 2 aromatic carbocycles. The van der Waals surface area contributed by atoms with Crippen LogP contribution in [-0.2, 0) is 27.5 Å². The molecule has 0 aromatic heterocycles. The molecule has 0 heterocycles. The van der Waals surface area contributed by atoms with E-state index in [-0.39, 0.29) is 19.0 Å². The molecule has 168 valence electrons. The van der Waals surface area contributed by atoms with Crippen LogP contribution in [0.1, 0.15) is 63.0 Å². The van der Waals surface area contributed by atoms with Gasteiger partial charge in [0, 0.05) is 6.42 Å². The van der Waals surface area contributed by atoms with Gasteiger partial charge in [0.25, 0.3) is 0 Å². The van der Waals surface area contributed by atoms with Crippen molar-refractivity contribution in [3.05, 3.63) is 71.8 Å². The van der Waals surface area contributed by atoms with Gasteiger partial charge in [-0.05, 0) is 17.5 Å². The molecule has 0 aliphatic heterocycles. The first kappa shape index (κ1) is 24.6. The summed E-state index contributed by atoms with van der Waals surface area (Å²) >= 11 is 0. The first-order valence-electron chi connectivity index (χ1n) is 11.3. The van der Waals surface area contributed by atoms with Gasteiger partial charge in [-0.25, -0.2) is 4.79 Å². The van der Waals surface area contributed by atoms with Gasteiger partial charge in [0.15, 0.2) is 5.78 Å². The smallest absolute Gasteiger partial charge is 0.408 e. The third-order valence-electron chi connectivity index (χ3n) is 5.07. The second-order valence-corrected chi connectivity index (χ2v) is 7.74. The van der Waals surface area contributed by atoms with E-state index in [1.165, 1.54) is 19.3 Å². The highest BCUT2D eigenvalue weighted by molar-refractivity contribution is 5.87. The maximum atomic E-state index is 12.7. The van der Waals surface area contributed by atoms with Crippen LogP contribution in [0.25, 0.3) is 0 Å². The van der Waals surface area contributed by atoms with E-state index in [2.05, 4.69) is 12.2 Å². The van der Waals surface area contributed by atoms with Crippen molar-refractivity contribution in [2.75, 3.05) is 6.61 Å². The number of rotatable bonds is 15. The van der Waals surface area contributed by atoms with Crippen LogP contribution in [0, 0.1) is 0 Å². The molecular weight excluding hydrogens is 390 g/mol. The zero-order chi connectivity index (χ0) is 22.2. The van der Waals surface area contributed by atoms with E-state index in [0.29, 0.717) is 13.0 Å². The largest absolute Gasteiger partial charge is 0.445 e. The normalized spacial score (nSPS) is 11.6. The van der Waals surface area contributed by atoms with E-state index < -0.39 is 12.1 Å². The van der Waals surface area contributed by atoms with Gasteiger partial charge in [-0.3, -0.25) is 4.79 Å². The van der Waals surface area contributed by atoms with Crippen LogP contribution in [0.2, 0.25) is 0 Å². The minimum absolute atomic E-state index is 0.0137. The van der Waals surface area contributed by atoms with Crippen molar-refractivity contribution in [2.24, 2.45) is 0 Å². The molecule has 1 atom stereocenters. The van der Waals surface area contributed by atoms with Crippen molar-refractivity contribution < 1.29 is 19.1 Å². The zero-order valence-corrected chi connectivity index (χ0v) is 18.6. The number of amides is 1. The predicted octanol–water partition coefficient (Wildman–Crippen LogP) is 5.82. The molecule has 0 unspecified atom stereocenters. The molecular formula is C26H35NO4. The third-order valence-corrected chi connectivity index (χ3v) is 5.07. The molecule has 1 amide bonds. The maximum Gasteiger partial charge on any atom is 0.408 e. The summed E-state index contributed by atoms with van der Waals surface area (Å²) in [5.41, 5.74) is 1.92. The fraction of sp³-hybridized carbons (Fsp3) is 0.462. The Morgan fingerprint density at radius 1 is 0.806 bits per heavy atom. The Labute approximate surface area is 186 Å². The summed E-state index contributed by atoms with van der Waals surface area (Å²) in [4.78, 5) is 25.0. The second-order valence-electron chi connectivity index (χ2n) is 7.74. The number of benzene rings is 2. The maximum absolute atomic E-state index is 12.7. The minimum atomic E-state index is -0.706. The summed E-state index contributed by atoms with van der Waals surface area (Å²) < 4.78 is 11.0. The van der Waals surface area contributed by atoms with Gasteiger partial charge < -0.3 is 14.8 Å². The first-order chi connectivity index (χ1) is 15.2. The fourth-order valence-electron chi connectivity index (χ4n) is 3.24. The number of carbonyl (C=O) groups excluding carboxylic acids is 2. The molecule has 31 heavy (non-hydrogen) atoms. The lowest BCUT2D eigenvalue weighted by atomic mass is 10.0. The van der Waals surface area contributed by atoms with Crippen LogP contribution in [0.3, 0.4) is 0 Å². The Kier molecular flexibility index (Phi) is 12.1. The molecule has 2 aromatic rings. The molecule has 0 aliphatic rings. The summed E-state index contributed by atoms with van der Waals surface area (Å²) in [6.45, 7) is 2.87. The Hall–Kier alpha value is -2.66. The lowest BCUT2D eigenvalue weighted by Crippen LogP contribution is -2.44. The van der Waals surface area contributed by atoms with E-state index >= 15 is 0 Å². The van der Waals surface area contributed by atoms with Crippen LogP contribution in [-0.4, -0.2) is 24.5 Å². The zero-order valence-electron chi connectivity index (χ0n) is 18.6. The minimum Gasteiger partial charge on any atom is -0.445 e. The van der Waals surface area contributed by atoms with Crippen molar-refractivity contribution >= 4 is 11.9 Å². The van der Waals surface area contributed by atoms with Gasteiger partial charge in [-0.1, -0.05) is 99.7 Å².